The summed E-state index contributed by atoms with van der Waals surface area (Å²) in [6.07, 6.45) is 3.54. The predicted octanol–water partition coefficient (Wildman–Crippen LogP) is 4.16. The van der Waals surface area contributed by atoms with Crippen molar-refractivity contribution in [1.82, 2.24) is 9.78 Å². The summed E-state index contributed by atoms with van der Waals surface area (Å²) in [4.78, 5) is 24.0. The summed E-state index contributed by atoms with van der Waals surface area (Å²) in [5.41, 5.74) is 2.59. The molecular weight excluding hydrogens is 470 g/mol. The third-order valence-corrected chi connectivity index (χ3v) is 5.46. The number of benzene rings is 3. The highest BCUT2D eigenvalue weighted by Crippen LogP contribution is 2.19. The average Bonchev–Trinajstić information content (AvgIpc) is 3.10. The first-order valence-corrected chi connectivity index (χ1v) is 10.5. The number of nitro groups is 1. The normalized spacial score (nSPS) is 12.2. The highest BCUT2D eigenvalue weighted by atomic mass is 79.9. The number of nitro benzene ring substituents is 1. The first-order chi connectivity index (χ1) is 15.4. The van der Waals surface area contributed by atoms with Gasteiger partial charge in [0.1, 0.15) is 0 Å². The summed E-state index contributed by atoms with van der Waals surface area (Å²) < 4.78 is 2.37. The van der Waals surface area contributed by atoms with Crippen molar-refractivity contribution in [2.24, 2.45) is 0 Å². The van der Waals surface area contributed by atoms with E-state index >= 15 is 0 Å². The molecule has 0 atom stereocenters. The lowest BCUT2D eigenvalue weighted by Crippen LogP contribution is -2.36. The van der Waals surface area contributed by atoms with E-state index in [-0.39, 0.29) is 11.2 Å². The zero-order chi connectivity index (χ0) is 22.7. The number of para-hydroxylation sites is 1. The van der Waals surface area contributed by atoms with Crippen LogP contribution in [-0.2, 0) is 0 Å². The van der Waals surface area contributed by atoms with Crippen LogP contribution in [-0.4, -0.2) is 14.7 Å². The predicted molar refractivity (Wildman–Crippen MR) is 130 cm³/mol. The third kappa shape index (κ3) is 4.38. The van der Waals surface area contributed by atoms with Crippen LogP contribution in [0.3, 0.4) is 0 Å². The van der Waals surface area contributed by atoms with Crippen LogP contribution < -0.4 is 16.1 Å². The van der Waals surface area contributed by atoms with E-state index < -0.39 is 4.92 Å². The topological polar surface area (TPSA) is 80.9 Å². The molecule has 0 aliphatic carbocycles. The highest BCUT2D eigenvalue weighted by molar-refractivity contribution is 9.10. The second-order valence-electron chi connectivity index (χ2n) is 7.05. The summed E-state index contributed by atoms with van der Waals surface area (Å²) in [6, 6.07) is 23.2. The van der Waals surface area contributed by atoms with Gasteiger partial charge in [-0.25, -0.2) is 4.68 Å². The second-order valence-corrected chi connectivity index (χ2v) is 7.96. The van der Waals surface area contributed by atoms with Crippen LogP contribution in [0.2, 0.25) is 0 Å². The van der Waals surface area contributed by atoms with E-state index in [1.807, 2.05) is 54.6 Å². The molecule has 4 aromatic rings. The first kappa shape index (κ1) is 21.3. The molecule has 0 radical (unpaired) electrons. The Hall–Kier alpha value is -3.97. The number of hydrogen-bond donors (Lipinski definition) is 1. The fourth-order valence-corrected chi connectivity index (χ4v) is 3.66. The van der Waals surface area contributed by atoms with Gasteiger partial charge in [0, 0.05) is 16.6 Å². The van der Waals surface area contributed by atoms with Gasteiger partial charge in [0.15, 0.2) is 0 Å². The van der Waals surface area contributed by atoms with Gasteiger partial charge in [-0.15, -0.1) is 0 Å². The zero-order valence-corrected chi connectivity index (χ0v) is 18.5. The Bertz CT molecular complexity index is 1480. The molecule has 1 N–H and O–H groups in total. The molecule has 1 aromatic heterocycles. The molecule has 0 amide bonds. The molecule has 0 saturated heterocycles. The van der Waals surface area contributed by atoms with Crippen LogP contribution in [0.15, 0.2) is 94.2 Å². The van der Waals surface area contributed by atoms with E-state index in [1.165, 1.54) is 16.8 Å². The average molecular weight is 488 g/mol. The number of nitrogens with one attached hydrogen (secondary N) is 1. The lowest BCUT2D eigenvalue weighted by Gasteiger charge is -2.03. The molecule has 32 heavy (non-hydrogen) atoms. The molecule has 0 bridgehead atoms. The number of rotatable bonds is 5. The summed E-state index contributed by atoms with van der Waals surface area (Å²) in [5.74, 6) is 0. The number of halogens is 1. The van der Waals surface area contributed by atoms with Gasteiger partial charge in [-0.2, -0.15) is 0 Å². The van der Waals surface area contributed by atoms with Crippen LogP contribution in [0.5, 0.6) is 0 Å². The van der Waals surface area contributed by atoms with Crippen molar-refractivity contribution in [2.45, 2.75) is 0 Å². The summed E-state index contributed by atoms with van der Waals surface area (Å²) in [5, 5.41) is 15.1. The van der Waals surface area contributed by atoms with Crippen molar-refractivity contribution in [3.8, 4) is 5.69 Å². The molecule has 0 spiro atoms. The summed E-state index contributed by atoms with van der Waals surface area (Å²) >= 11 is 3.44. The number of aromatic amines is 1. The van der Waals surface area contributed by atoms with E-state index in [1.54, 1.807) is 24.3 Å². The van der Waals surface area contributed by atoms with E-state index in [0.717, 1.165) is 10.0 Å². The lowest BCUT2D eigenvalue weighted by molar-refractivity contribution is -0.384. The zero-order valence-electron chi connectivity index (χ0n) is 16.9. The standard InChI is InChI=1S/C25H18BrN3O3/c1-17-24(25(30)28(27-17)21-7-3-2-4-8-21)23(19-11-13-20(26)14-12-19)15-10-18-6-5-9-22(16-18)29(31)32/h2-16,27H,1H2/b15-10+,24-23+. The number of nitrogens with zero attached hydrogens (tertiary/aromatic N) is 2. The molecule has 6 nitrogen and oxygen atoms in total. The van der Waals surface area contributed by atoms with Gasteiger partial charge in [-0.3, -0.25) is 20.0 Å². The molecule has 158 valence electrons. The van der Waals surface area contributed by atoms with E-state index in [9.17, 15) is 14.9 Å². The number of non-ortho nitro benzene ring substituents is 1. The molecular formula is C25H18BrN3O3. The van der Waals surface area contributed by atoms with Gasteiger partial charge < -0.3 is 0 Å². The fraction of sp³-hybridized carbons (Fsp3) is 0. The Kier molecular flexibility index (Phi) is 6.00. The lowest BCUT2D eigenvalue weighted by atomic mass is 10.0. The van der Waals surface area contributed by atoms with Crippen LogP contribution in [0, 0.1) is 10.1 Å². The first-order valence-electron chi connectivity index (χ1n) is 9.72. The maximum absolute atomic E-state index is 13.4. The Morgan fingerprint density at radius 1 is 1.03 bits per heavy atom. The van der Waals surface area contributed by atoms with E-state index in [2.05, 4.69) is 27.6 Å². The molecule has 0 aliphatic rings. The van der Waals surface area contributed by atoms with Gasteiger partial charge in [0.2, 0.25) is 0 Å². The quantitative estimate of drug-likeness (QED) is 0.339. The molecule has 0 unspecified atom stereocenters. The van der Waals surface area contributed by atoms with Crippen molar-refractivity contribution in [3.05, 3.63) is 132 Å². The minimum atomic E-state index is -0.435. The van der Waals surface area contributed by atoms with Crippen molar-refractivity contribution in [1.29, 1.82) is 0 Å². The maximum atomic E-state index is 13.4. The van der Waals surface area contributed by atoms with Crippen LogP contribution in [0.25, 0.3) is 23.9 Å². The summed E-state index contributed by atoms with van der Waals surface area (Å²) in [7, 11) is 0. The van der Waals surface area contributed by atoms with Gasteiger partial charge in [-0.05, 0) is 41.0 Å². The molecule has 1 heterocycles. The van der Waals surface area contributed by atoms with Gasteiger partial charge in [-0.1, -0.05) is 77.1 Å². The number of allylic oxidation sites excluding steroid dienone is 1. The minimum absolute atomic E-state index is 0.00302. The molecule has 7 heteroatoms. The number of H-pyrrole nitrogens is 1. The number of aromatic nitrogens is 2. The second kappa shape index (κ2) is 9.03. The number of hydrogen-bond acceptors (Lipinski definition) is 3. The Morgan fingerprint density at radius 2 is 1.75 bits per heavy atom. The van der Waals surface area contributed by atoms with Crippen molar-refractivity contribution < 1.29 is 4.92 Å². The van der Waals surface area contributed by atoms with Crippen molar-refractivity contribution >= 4 is 39.8 Å². The monoisotopic (exact) mass is 487 g/mol. The minimum Gasteiger partial charge on any atom is -0.291 e. The molecule has 0 fully saturated rings. The largest absolute Gasteiger partial charge is 0.291 e. The molecule has 0 saturated carbocycles. The van der Waals surface area contributed by atoms with Crippen LogP contribution in [0.4, 0.5) is 5.69 Å². The van der Waals surface area contributed by atoms with Crippen LogP contribution in [0.1, 0.15) is 11.1 Å². The molecule has 4 rings (SSSR count). The summed E-state index contributed by atoms with van der Waals surface area (Å²) in [6.45, 7) is 4.05. The Morgan fingerprint density at radius 3 is 2.44 bits per heavy atom. The highest BCUT2D eigenvalue weighted by Gasteiger charge is 2.10. The maximum Gasteiger partial charge on any atom is 0.279 e. The van der Waals surface area contributed by atoms with Crippen LogP contribution >= 0.6 is 15.9 Å². The van der Waals surface area contributed by atoms with Crippen molar-refractivity contribution in [3.63, 3.8) is 0 Å². The SMILES string of the molecule is C=c1[nH]n(-c2ccccc2)c(=O)/c1=C(\C=C\c1cccc([N+](=O)[O-])c1)c1ccc(Br)cc1. The smallest absolute Gasteiger partial charge is 0.279 e. The molecule has 0 aliphatic heterocycles. The van der Waals surface area contributed by atoms with Gasteiger partial charge in [0.05, 0.1) is 21.2 Å². The third-order valence-electron chi connectivity index (χ3n) is 4.93. The van der Waals surface area contributed by atoms with E-state index in [0.29, 0.717) is 27.4 Å². The van der Waals surface area contributed by atoms with Crippen molar-refractivity contribution in [2.75, 3.05) is 0 Å². The Labute approximate surface area is 191 Å². The van der Waals surface area contributed by atoms with E-state index in [4.69, 9.17) is 0 Å². The van der Waals surface area contributed by atoms with Gasteiger partial charge in [0.25, 0.3) is 11.2 Å². The fourth-order valence-electron chi connectivity index (χ4n) is 3.39. The Balaban J connectivity index is 1.95. The van der Waals surface area contributed by atoms with Gasteiger partial charge >= 0.3 is 0 Å². The molecule has 3 aromatic carbocycles.